The van der Waals surface area contributed by atoms with Gasteiger partial charge in [0.15, 0.2) is 0 Å². The molecule has 0 heterocycles. The van der Waals surface area contributed by atoms with Crippen LogP contribution in [0.1, 0.15) is 5.56 Å². The zero-order valence-electron chi connectivity index (χ0n) is 8.28. The molecule has 84 valence electrons. The van der Waals surface area contributed by atoms with Gasteiger partial charge in [-0.1, -0.05) is 17.3 Å². The number of nitro groups is 1. The highest BCUT2D eigenvalue weighted by Gasteiger charge is 2.24. The van der Waals surface area contributed by atoms with Gasteiger partial charge in [-0.25, -0.2) is 4.79 Å². The zero-order chi connectivity index (χ0) is 12.1. The van der Waals surface area contributed by atoms with E-state index in [9.17, 15) is 14.9 Å². The summed E-state index contributed by atoms with van der Waals surface area (Å²) in [5.41, 5.74) is -0.933. The van der Waals surface area contributed by atoms with Crippen LogP contribution in [0.5, 0.6) is 0 Å². The standard InChI is InChI=1S/C9H8N2O5/c1-16-9(12)8(10-13)6-4-2-3-5-7(6)11(14)15/h2-5,13H,1H3/b10-8-. The predicted molar refractivity (Wildman–Crippen MR) is 53.4 cm³/mol. The Kier molecular flexibility index (Phi) is 3.54. The molecule has 1 aromatic rings. The Bertz CT molecular complexity index is 455. The molecule has 0 aliphatic rings. The summed E-state index contributed by atoms with van der Waals surface area (Å²) in [4.78, 5) is 21.2. The lowest BCUT2D eigenvalue weighted by atomic mass is 10.1. The average Bonchev–Trinajstić information content (AvgIpc) is 2.30. The number of methoxy groups -OCH3 is 1. The average molecular weight is 224 g/mol. The molecule has 0 saturated heterocycles. The molecule has 1 aromatic carbocycles. The largest absolute Gasteiger partial charge is 0.464 e. The van der Waals surface area contributed by atoms with Gasteiger partial charge in [0.05, 0.1) is 17.6 Å². The molecular formula is C9H8N2O5. The molecule has 0 aliphatic heterocycles. The minimum Gasteiger partial charge on any atom is -0.464 e. The molecule has 0 fully saturated rings. The highest BCUT2D eigenvalue weighted by atomic mass is 16.6. The van der Waals surface area contributed by atoms with Gasteiger partial charge >= 0.3 is 5.97 Å². The van der Waals surface area contributed by atoms with Crippen molar-refractivity contribution in [1.29, 1.82) is 0 Å². The van der Waals surface area contributed by atoms with Crippen molar-refractivity contribution in [3.63, 3.8) is 0 Å². The van der Waals surface area contributed by atoms with Crippen LogP contribution in [0.15, 0.2) is 29.4 Å². The summed E-state index contributed by atoms with van der Waals surface area (Å²) < 4.78 is 4.34. The summed E-state index contributed by atoms with van der Waals surface area (Å²) in [5.74, 6) is -0.947. The van der Waals surface area contributed by atoms with Crippen LogP contribution in [0.25, 0.3) is 0 Å². The number of esters is 1. The van der Waals surface area contributed by atoms with Crippen molar-refractivity contribution in [2.45, 2.75) is 0 Å². The number of carbonyl (C=O) groups is 1. The molecule has 7 nitrogen and oxygen atoms in total. The van der Waals surface area contributed by atoms with Gasteiger partial charge < -0.3 is 9.94 Å². The van der Waals surface area contributed by atoms with Gasteiger partial charge in [0, 0.05) is 6.07 Å². The highest BCUT2D eigenvalue weighted by molar-refractivity contribution is 6.44. The van der Waals surface area contributed by atoms with Crippen molar-refractivity contribution in [1.82, 2.24) is 0 Å². The van der Waals surface area contributed by atoms with Crippen molar-refractivity contribution in [3.05, 3.63) is 39.9 Å². The van der Waals surface area contributed by atoms with Gasteiger partial charge in [0.1, 0.15) is 0 Å². The van der Waals surface area contributed by atoms with Crippen LogP contribution in [0, 0.1) is 10.1 Å². The number of nitro benzene ring substituents is 1. The lowest BCUT2D eigenvalue weighted by molar-refractivity contribution is -0.385. The Morgan fingerprint density at radius 2 is 2.12 bits per heavy atom. The molecule has 0 atom stereocenters. The third kappa shape index (κ3) is 2.14. The highest BCUT2D eigenvalue weighted by Crippen LogP contribution is 2.18. The van der Waals surface area contributed by atoms with Gasteiger partial charge in [-0.2, -0.15) is 0 Å². The number of ether oxygens (including phenoxy) is 1. The molecule has 0 radical (unpaired) electrons. The SMILES string of the molecule is COC(=O)/C(=N\O)c1ccccc1[N+](=O)[O-]. The van der Waals surface area contributed by atoms with Crippen molar-refractivity contribution < 1.29 is 19.7 Å². The van der Waals surface area contributed by atoms with E-state index in [1.807, 2.05) is 0 Å². The van der Waals surface area contributed by atoms with Crippen LogP contribution < -0.4 is 0 Å². The fraction of sp³-hybridized carbons (Fsp3) is 0.111. The normalized spacial score (nSPS) is 10.9. The molecule has 1 N–H and O–H groups in total. The van der Waals surface area contributed by atoms with Crippen LogP contribution in [-0.4, -0.2) is 28.9 Å². The second-order valence-corrected chi connectivity index (χ2v) is 2.71. The summed E-state index contributed by atoms with van der Waals surface area (Å²) in [6.07, 6.45) is 0. The maximum absolute atomic E-state index is 11.2. The number of benzene rings is 1. The lowest BCUT2D eigenvalue weighted by Crippen LogP contribution is -2.18. The summed E-state index contributed by atoms with van der Waals surface area (Å²) in [7, 11) is 1.09. The minimum absolute atomic E-state index is 0.0955. The summed E-state index contributed by atoms with van der Waals surface area (Å²) in [6.45, 7) is 0. The number of rotatable bonds is 3. The number of nitrogens with zero attached hydrogens (tertiary/aromatic N) is 2. The molecule has 0 bridgehead atoms. The fourth-order valence-corrected chi connectivity index (χ4v) is 1.13. The minimum atomic E-state index is -0.947. The third-order valence-electron chi connectivity index (χ3n) is 1.83. The molecule has 0 aromatic heterocycles. The van der Waals surface area contributed by atoms with E-state index in [2.05, 4.69) is 9.89 Å². The van der Waals surface area contributed by atoms with Crippen molar-refractivity contribution >= 4 is 17.4 Å². The van der Waals surface area contributed by atoms with E-state index in [1.165, 1.54) is 24.3 Å². The van der Waals surface area contributed by atoms with E-state index in [0.29, 0.717) is 0 Å². The Hall–Kier alpha value is -2.44. The Morgan fingerprint density at radius 1 is 1.50 bits per heavy atom. The van der Waals surface area contributed by atoms with Crippen molar-refractivity contribution in [3.8, 4) is 0 Å². The molecule has 7 heteroatoms. The number of para-hydroxylation sites is 1. The van der Waals surface area contributed by atoms with Gasteiger partial charge in [0.25, 0.3) is 5.69 Å². The van der Waals surface area contributed by atoms with E-state index >= 15 is 0 Å². The van der Waals surface area contributed by atoms with E-state index in [0.717, 1.165) is 7.11 Å². The Labute approximate surface area is 90.1 Å². The Balaban J connectivity index is 3.31. The number of carbonyl (C=O) groups excluding carboxylic acids is 1. The van der Waals surface area contributed by atoms with E-state index in [4.69, 9.17) is 5.21 Å². The van der Waals surface area contributed by atoms with E-state index in [1.54, 1.807) is 0 Å². The molecule has 16 heavy (non-hydrogen) atoms. The molecular weight excluding hydrogens is 216 g/mol. The summed E-state index contributed by atoms with van der Waals surface area (Å²) in [6, 6.07) is 5.41. The number of oxime groups is 1. The van der Waals surface area contributed by atoms with Crippen molar-refractivity contribution in [2.24, 2.45) is 5.16 Å². The fourth-order valence-electron chi connectivity index (χ4n) is 1.13. The van der Waals surface area contributed by atoms with Gasteiger partial charge in [-0.15, -0.1) is 0 Å². The third-order valence-corrected chi connectivity index (χ3v) is 1.83. The first kappa shape index (κ1) is 11.6. The van der Waals surface area contributed by atoms with Crippen LogP contribution in [-0.2, 0) is 9.53 Å². The van der Waals surface area contributed by atoms with Gasteiger partial charge in [-0.05, 0) is 6.07 Å². The maximum atomic E-state index is 11.2. The topological polar surface area (TPSA) is 102 Å². The first-order chi connectivity index (χ1) is 7.61. The van der Waals surface area contributed by atoms with E-state index < -0.39 is 16.6 Å². The second kappa shape index (κ2) is 4.87. The molecule has 0 saturated carbocycles. The molecule has 0 amide bonds. The van der Waals surface area contributed by atoms with Crippen LogP contribution in [0.2, 0.25) is 0 Å². The second-order valence-electron chi connectivity index (χ2n) is 2.71. The van der Waals surface area contributed by atoms with Crippen LogP contribution in [0.3, 0.4) is 0 Å². The van der Waals surface area contributed by atoms with Gasteiger partial charge in [-0.3, -0.25) is 10.1 Å². The first-order valence-electron chi connectivity index (χ1n) is 4.16. The first-order valence-corrected chi connectivity index (χ1v) is 4.16. The van der Waals surface area contributed by atoms with Crippen LogP contribution >= 0.6 is 0 Å². The Morgan fingerprint density at radius 3 is 2.62 bits per heavy atom. The molecule has 0 aliphatic carbocycles. The van der Waals surface area contributed by atoms with Gasteiger partial charge in [0.2, 0.25) is 5.71 Å². The number of hydrogen-bond donors (Lipinski definition) is 1. The quantitative estimate of drug-likeness (QED) is 0.270. The van der Waals surface area contributed by atoms with Crippen molar-refractivity contribution in [2.75, 3.05) is 7.11 Å². The zero-order valence-corrected chi connectivity index (χ0v) is 8.28. The monoisotopic (exact) mass is 224 g/mol. The predicted octanol–water partition coefficient (Wildman–Crippen LogP) is 0.946. The summed E-state index contributed by atoms with van der Waals surface area (Å²) >= 11 is 0. The molecule has 1 rings (SSSR count). The number of hydrogen-bond acceptors (Lipinski definition) is 6. The molecule has 0 unspecified atom stereocenters. The molecule has 0 spiro atoms. The maximum Gasteiger partial charge on any atom is 0.361 e. The van der Waals surface area contributed by atoms with Crippen LogP contribution in [0.4, 0.5) is 5.69 Å². The van der Waals surface area contributed by atoms with E-state index in [-0.39, 0.29) is 11.3 Å². The summed E-state index contributed by atoms with van der Waals surface area (Å²) in [5, 5.41) is 22.0. The smallest absolute Gasteiger partial charge is 0.361 e. The lowest BCUT2D eigenvalue weighted by Gasteiger charge is -2.02.